The lowest BCUT2D eigenvalue weighted by atomic mass is 10.2. The van der Waals surface area contributed by atoms with Gasteiger partial charge in [-0.1, -0.05) is 12.1 Å². The van der Waals surface area contributed by atoms with E-state index in [1.54, 1.807) is 14.2 Å². The highest BCUT2D eigenvalue weighted by Gasteiger charge is 2.06. The minimum Gasteiger partial charge on any atom is -0.497 e. The van der Waals surface area contributed by atoms with Crippen LogP contribution in [0.25, 0.3) is 0 Å². The van der Waals surface area contributed by atoms with E-state index in [2.05, 4.69) is 34.3 Å². The first-order chi connectivity index (χ1) is 11.2. The van der Waals surface area contributed by atoms with E-state index >= 15 is 0 Å². The second kappa shape index (κ2) is 11.7. The average Bonchev–Trinajstić information content (AvgIpc) is 2.57. The first-order valence-corrected chi connectivity index (χ1v) is 7.90. The van der Waals surface area contributed by atoms with E-state index in [0.717, 1.165) is 24.8 Å². The second-order valence-corrected chi connectivity index (χ2v) is 5.04. The molecule has 0 aliphatic rings. The van der Waals surface area contributed by atoms with Gasteiger partial charge in [-0.05, 0) is 24.6 Å². The minimum absolute atomic E-state index is 0.592. The molecule has 0 unspecified atom stereocenters. The zero-order chi connectivity index (χ0) is 16.9. The molecule has 0 aliphatic carbocycles. The zero-order valence-electron chi connectivity index (χ0n) is 14.7. The fraction of sp³-hybridized carbons (Fsp3) is 0.588. The van der Waals surface area contributed by atoms with Crippen LogP contribution in [-0.2, 0) is 16.0 Å². The summed E-state index contributed by atoms with van der Waals surface area (Å²) < 4.78 is 15.6. The molecule has 1 rings (SSSR count). The van der Waals surface area contributed by atoms with Crippen molar-refractivity contribution >= 4 is 5.96 Å². The van der Waals surface area contributed by atoms with Crippen LogP contribution in [0, 0.1) is 0 Å². The van der Waals surface area contributed by atoms with Gasteiger partial charge >= 0.3 is 0 Å². The maximum absolute atomic E-state index is 5.43. The number of guanidine groups is 1. The zero-order valence-corrected chi connectivity index (χ0v) is 14.7. The average molecular weight is 323 g/mol. The van der Waals surface area contributed by atoms with E-state index in [0.29, 0.717) is 26.4 Å². The quantitative estimate of drug-likeness (QED) is 0.404. The van der Waals surface area contributed by atoms with E-state index in [4.69, 9.17) is 14.2 Å². The highest BCUT2D eigenvalue weighted by Crippen LogP contribution is 2.12. The third-order valence-corrected chi connectivity index (χ3v) is 3.20. The molecular weight excluding hydrogens is 294 g/mol. The number of ether oxygens (including phenoxy) is 3. The molecule has 6 nitrogen and oxygen atoms in total. The van der Waals surface area contributed by atoms with E-state index in [1.807, 2.05) is 19.2 Å². The van der Waals surface area contributed by atoms with E-state index < -0.39 is 0 Å². The van der Waals surface area contributed by atoms with Gasteiger partial charge in [0, 0.05) is 27.2 Å². The Morgan fingerprint density at radius 2 is 1.87 bits per heavy atom. The van der Waals surface area contributed by atoms with Crippen molar-refractivity contribution in [3.63, 3.8) is 0 Å². The Morgan fingerprint density at radius 3 is 2.48 bits per heavy atom. The van der Waals surface area contributed by atoms with Gasteiger partial charge < -0.3 is 24.4 Å². The lowest BCUT2D eigenvalue weighted by molar-refractivity contribution is 0.0747. The summed E-state index contributed by atoms with van der Waals surface area (Å²) in [5.41, 5.74) is 1.20. The van der Waals surface area contributed by atoms with Gasteiger partial charge in [-0.25, -0.2) is 0 Å². The number of benzene rings is 1. The lowest BCUT2D eigenvalue weighted by Crippen LogP contribution is -2.38. The third kappa shape index (κ3) is 7.85. The summed E-state index contributed by atoms with van der Waals surface area (Å²) in [4.78, 5) is 6.68. The van der Waals surface area contributed by atoms with Crippen molar-refractivity contribution in [2.24, 2.45) is 4.99 Å². The number of methoxy groups -OCH3 is 2. The largest absolute Gasteiger partial charge is 0.497 e. The lowest BCUT2D eigenvalue weighted by Gasteiger charge is -2.22. The molecule has 0 aromatic heterocycles. The summed E-state index contributed by atoms with van der Waals surface area (Å²) in [6.45, 7) is 6.10. The van der Waals surface area contributed by atoms with Crippen molar-refractivity contribution in [2.45, 2.75) is 13.5 Å². The van der Waals surface area contributed by atoms with Gasteiger partial charge in [0.2, 0.25) is 0 Å². The van der Waals surface area contributed by atoms with Crippen molar-refractivity contribution in [3.05, 3.63) is 29.8 Å². The van der Waals surface area contributed by atoms with Crippen molar-refractivity contribution < 1.29 is 14.2 Å². The Labute approximate surface area is 139 Å². The van der Waals surface area contributed by atoms with Crippen molar-refractivity contribution in [3.8, 4) is 5.75 Å². The molecule has 1 aromatic carbocycles. The molecule has 0 saturated heterocycles. The van der Waals surface area contributed by atoms with E-state index in [-0.39, 0.29) is 0 Å². The summed E-state index contributed by atoms with van der Waals surface area (Å²) in [6.07, 6.45) is 0. The van der Waals surface area contributed by atoms with Gasteiger partial charge in [0.1, 0.15) is 5.75 Å². The maximum atomic E-state index is 5.43. The van der Waals surface area contributed by atoms with Gasteiger partial charge in [0.05, 0.1) is 33.5 Å². The molecule has 1 N–H and O–H groups in total. The van der Waals surface area contributed by atoms with Crippen molar-refractivity contribution in [2.75, 3.05) is 54.2 Å². The Bertz CT molecular complexity index is 449. The third-order valence-electron chi connectivity index (χ3n) is 3.20. The van der Waals surface area contributed by atoms with Crippen LogP contribution in [0.4, 0.5) is 0 Å². The van der Waals surface area contributed by atoms with Gasteiger partial charge in [0.25, 0.3) is 0 Å². The Balaban J connectivity index is 2.49. The highest BCUT2D eigenvalue weighted by molar-refractivity contribution is 5.79. The Kier molecular flexibility index (Phi) is 9.83. The molecule has 1 aromatic rings. The summed E-state index contributed by atoms with van der Waals surface area (Å²) >= 11 is 0. The fourth-order valence-corrected chi connectivity index (χ4v) is 2.01. The first kappa shape index (κ1) is 19.3. The molecule has 0 spiro atoms. The molecule has 0 bridgehead atoms. The molecule has 0 heterocycles. The van der Waals surface area contributed by atoms with Crippen LogP contribution in [-0.4, -0.2) is 65.0 Å². The van der Waals surface area contributed by atoms with Crippen LogP contribution >= 0.6 is 0 Å². The first-order valence-electron chi connectivity index (χ1n) is 7.90. The molecule has 0 atom stereocenters. The summed E-state index contributed by atoms with van der Waals surface area (Å²) in [5, 5.41) is 3.30. The molecular formula is C17H29N3O3. The van der Waals surface area contributed by atoms with Gasteiger partial charge in [-0.2, -0.15) is 0 Å². The molecule has 23 heavy (non-hydrogen) atoms. The number of nitrogens with zero attached hydrogens (tertiary/aromatic N) is 2. The molecule has 0 aliphatic heterocycles. The number of hydrogen-bond donors (Lipinski definition) is 1. The van der Waals surface area contributed by atoms with Crippen LogP contribution in [0.3, 0.4) is 0 Å². The molecule has 0 saturated carbocycles. The number of aliphatic imine (C=N–C) groups is 1. The van der Waals surface area contributed by atoms with Gasteiger partial charge in [-0.3, -0.25) is 4.99 Å². The van der Waals surface area contributed by atoms with Crippen LogP contribution < -0.4 is 10.1 Å². The van der Waals surface area contributed by atoms with Gasteiger partial charge in [-0.15, -0.1) is 0 Å². The molecule has 130 valence electrons. The SMILES string of the molecule is CCNC(=NCCOCCOC)N(C)Cc1ccc(OC)cc1. The number of hydrogen-bond acceptors (Lipinski definition) is 4. The van der Waals surface area contributed by atoms with Crippen LogP contribution in [0.1, 0.15) is 12.5 Å². The highest BCUT2D eigenvalue weighted by atomic mass is 16.5. The van der Waals surface area contributed by atoms with Gasteiger partial charge in [0.15, 0.2) is 5.96 Å². The summed E-state index contributed by atoms with van der Waals surface area (Å²) in [7, 11) is 5.36. The summed E-state index contributed by atoms with van der Waals surface area (Å²) in [5.74, 6) is 1.74. The molecule has 0 fully saturated rings. The number of rotatable bonds is 10. The predicted molar refractivity (Wildman–Crippen MR) is 93.1 cm³/mol. The van der Waals surface area contributed by atoms with Crippen LogP contribution in [0.2, 0.25) is 0 Å². The van der Waals surface area contributed by atoms with E-state index in [1.165, 1.54) is 5.56 Å². The smallest absolute Gasteiger partial charge is 0.194 e. The summed E-state index contributed by atoms with van der Waals surface area (Å²) in [6, 6.07) is 8.06. The standard InChI is InChI=1S/C17H29N3O3/c1-5-18-17(19-10-11-23-13-12-21-3)20(2)14-15-6-8-16(22-4)9-7-15/h6-9H,5,10-14H2,1-4H3,(H,18,19). The molecule has 6 heteroatoms. The van der Waals surface area contributed by atoms with Crippen LogP contribution in [0.15, 0.2) is 29.3 Å². The monoisotopic (exact) mass is 323 g/mol. The van der Waals surface area contributed by atoms with Crippen molar-refractivity contribution in [1.82, 2.24) is 10.2 Å². The fourth-order valence-electron chi connectivity index (χ4n) is 2.01. The normalized spacial score (nSPS) is 11.4. The topological polar surface area (TPSA) is 55.3 Å². The van der Waals surface area contributed by atoms with Crippen LogP contribution in [0.5, 0.6) is 5.75 Å². The Morgan fingerprint density at radius 1 is 1.13 bits per heavy atom. The molecule has 0 radical (unpaired) electrons. The molecule has 0 amide bonds. The number of nitrogens with one attached hydrogen (secondary N) is 1. The Hall–Kier alpha value is -1.79. The van der Waals surface area contributed by atoms with E-state index in [9.17, 15) is 0 Å². The predicted octanol–water partition coefficient (Wildman–Crippen LogP) is 1.76. The second-order valence-electron chi connectivity index (χ2n) is 5.04. The maximum Gasteiger partial charge on any atom is 0.194 e. The van der Waals surface area contributed by atoms with Crippen molar-refractivity contribution in [1.29, 1.82) is 0 Å². The minimum atomic E-state index is 0.592.